The Morgan fingerprint density at radius 2 is 1.86 bits per heavy atom. The molecule has 2 aromatic rings. The lowest BCUT2D eigenvalue weighted by Crippen LogP contribution is -2.40. The summed E-state index contributed by atoms with van der Waals surface area (Å²) >= 11 is 0. The van der Waals surface area contributed by atoms with Crippen molar-refractivity contribution in [2.45, 2.75) is 58.0 Å². The van der Waals surface area contributed by atoms with E-state index in [0.29, 0.717) is 17.5 Å². The van der Waals surface area contributed by atoms with Crippen molar-refractivity contribution in [3.8, 4) is 0 Å². The number of aryl methyl sites for hydroxylation is 2. The summed E-state index contributed by atoms with van der Waals surface area (Å²) in [5, 5.41) is 0. The highest BCUT2D eigenvalue weighted by atomic mass is 16.2. The van der Waals surface area contributed by atoms with Crippen LogP contribution >= 0.6 is 0 Å². The number of fused-ring (bicyclic) bond motifs is 1. The summed E-state index contributed by atoms with van der Waals surface area (Å²) in [5.74, 6) is 1.97. The van der Waals surface area contributed by atoms with Crippen LogP contribution in [0.2, 0.25) is 0 Å². The van der Waals surface area contributed by atoms with E-state index in [0.717, 1.165) is 31.5 Å². The summed E-state index contributed by atoms with van der Waals surface area (Å²) in [7, 11) is 0. The maximum atomic E-state index is 13.4. The number of hydrogen-bond donors (Lipinski definition) is 1. The molecule has 1 aromatic carbocycles. The second-order valence-electron chi connectivity index (χ2n) is 9.31. The summed E-state index contributed by atoms with van der Waals surface area (Å²) < 4.78 is 0. The zero-order chi connectivity index (χ0) is 20.0. The molecule has 1 N–H and O–H groups in total. The van der Waals surface area contributed by atoms with Crippen LogP contribution in [-0.4, -0.2) is 51.4 Å². The van der Waals surface area contributed by atoms with Crippen LogP contribution in [0.3, 0.4) is 0 Å². The van der Waals surface area contributed by atoms with Crippen molar-refractivity contribution in [3.63, 3.8) is 0 Å². The van der Waals surface area contributed by atoms with E-state index in [1.807, 2.05) is 6.92 Å². The predicted octanol–water partition coefficient (Wildman–Crippen LogP) is 4.10. The third-order valence-electron chi connectivity index (χ3n) is 7.48. The molecule has 0 radical (unpaired) electrons. The standard InChI is InChI=1S/C24H32N4O/c1-16-8-6-7-11-20(16)23-21-15-27(19-9-4-3-5-10-19)13-18(21)14-28(23)24(29)22-12-25-17(2)26-22/h6-8,11-12,18-19,21,23H,3-5,9-10,13-15H2,1-2H3,(H,25,26)/t18-,21-,23+/m0/s1. The Morgan fingerprint density at radius 3 is 2.59 bits per heavy atom. The van der Waals surface area contributed by atoms with Gasteiger partial charge in [-0.2, -0.15) is 0 Å². The van der Waals surface area contributed by atoms with E-state index < -0.39 is 0 Å². The number of likely N-dealkylation sites (tertiary alicyclic amines) is 2. The number of amides is 1. The van der Waals surface area contributed by atoms with Crippen LogP contribution in [-0.2, 0) is 0 Å². The fraction of sp³-hybridized carbons (Fsp3) is 0.583. The fourth-order valence-electron chi connectivity index (χ4n) is 6.03. The van der Waals surface area contributed by atoms with Crippen molar-refractivity contribution >= 4 is 5.91 Å². The number of carbonyl (C=O) groups is 1. The van der Waals surface area contributed by atoms with Crippen LogP contribution in [0.25, 0.3) is 0 Å². The molecule has 2 saturated heterocycles. The number of nitrogens with zero attached hydrogens (tertiary/aromatic N) is 3. The quantitative estimate of drug-likeness (QED) is 0.855. The molecule has 29 heavy (non-hydrogen) atoms. The zero-order valence-corrected chi connectivity index (χ0v) is 17.6. The number of aromatic amines is 1. The van der Waals surface area contributed by atoms with Crippen LogP contribution in [0.1, 0.15) is 65.6 Å². The van der Waals surface area contributed by atoms with Gasteiger partial charge in [0.1, 0.15) is 11.5 Å². The SMILES string of the molecule is Cc1ncc(C(=O)N2C[C@@H]3CN(C4CCCCC4)C[C@@H]3[C@H]2c2ccccc2C)[nH]1. The van der Waals surface area contributed by atoms with E-state index in [-0.39, 0.29) is 11.9 Å². The van der Waals surface area contributed by atoms with Gasteiger partial charge in [-0.05, 0) is 43.7 Å². The Balaban J connectivity index is 1.45. The van der Waals surface area contributed by atoms with Gasteiger partial charge in [-0.25, -0.2) is 4.98 Å². The van der Waals surface area contributed by atoms with Crippen molar-refractivity contribution in [3.05, 3.63) is 53.1 Å². The number of nitrogens with one attached hydrogen (secondary N) is 1. The second kappa shape index (κ2) is 7.60. The van der Waals surface area contributed by atoms with Gasteiger partial charge in [-0.1, -0.05) is 43.5 Å². The highest BCUT2D eigenvalue weighted by molar-refractivity contribution is 5.92. The monoisotopic (exact) mass is 392 g/mol. The minimum atomic E-state index is 0.0949. The van der Waals surface area contributed by atoms with Gasteiger partial charge in [-0.15, -0.1) is 0 Å². The molecule has 3 atom stereocenters. The molecule has 1 amide bonds. The minimum Gasteiger partial charge on any atom is -0.338 e. The van der Waals surface area contributed by atoms with Crippen molar-refractivity contribution < 1.29 is 4.79 Å². The largest absolute Gasteiger partial charge is 0.338 e. The third-order valence-corrected chi connectivity index (χ3v) is 7.48. The average Bonchev–Trinajstić information content (AvgIpc) is 3.43. The van der Waals surface area contributed by atoms with Gasteiger partial charge in [0.15, 0.2) is 0 Å². The molecule has 0 bridgehead atoms. The van der Waals surface area contributed by atoms with Crippen molar-refractivity contribution in [2.24, 2.45) is 11.8 Å². The molecule has 1 saturated carbocycles. The molecule has 5 heteroatoms. The molecule has 3 fully saturated rings. The number of aromatic nitrogens is 2. The van der Waals surface area contributed by atoms with Crippen LogP contribution in [0, 0.1) is 25.7 Å². The minimum absolute atomic E-state index is 0.0949. The number of imidazole rings is 1. The number of benzene rings is 1. The van der Waals surface area contributed by atoms with E-state index in [2.05, 4.69) is 51.0 Å². The molecular weight excluding hydrogens is 360 g/mol. The Kier molecular flexibility index (Phi) is 4.94. The molecule has 0 unspecified atom stereocenters. The normalized spacial score (nSPS) is 28.1. The number of hydrogen-bond acceptors (Lipinski definition) is 3. The van der Waals surface area contributed by atoms with Gasteiger partial charge in [0, 0.05) is 31.6 Å². The second-order valence-corrected chi connectivity index (χ2v) is 9.31. The molecule has 3 aliphatic rings. The van der Waals surface area contributed by atoms with Gasteiger partial charge in [0.2, 0.25) is 0 Å². The first-order valence-corrected chi connectivity index (χ1v) is 11.2. The number of H-pyrrole nitrogens is 1. The molecule has 2 aliphatic heterocycles. The summed E-state index contributed by atoms with van der Waals surface area (Å²) in [6.45, 7) is 7.20. The zero-order valence-electron chi connectivity index (χ0n) is 17.6. The van der Waals surface area contributed by atoms with Gasteiger partial charge in [0.05, 0.1) is 12.2 Å². The molecule has 3 heterocycles. The highest BCUT2D eigenvalue weighted by Gasteiger charge is 2.50. The van der Waals surface area contributed by atoms with E-state index in [1.165, 1.54) is 43.2 Å². The Labute approximate surface area is 173 Å². The topological polar surface area (TPSA) is 52.2 Å². The third kappa shape index (κ3) is 3.39. The highest BCUT2D eigenvalue weighted by Crippen LogP contribution is 2.47. The predicted molar refractivity (Wildman–Crippen MR) is 114 cm³/mol. The molecule has 5 nitrogen and oxygen atoms in total. The maximum Gasteiger partial charge on any atom is 0.272 e. The maximum absolute atomic E-state index is 13.4. The Hall–Kier alpha value is -2.14. The summed E-state index contributed by atoms with van der Waals surface area (Å²) in [6.07, 6.45) is 8.54. The van der Waals surface area contributed by atoms with Crippen LogP contribution in [0.15, 0.2) is 30.5 Å². The van der Waals surface area contributed by atoms with Gasteiger partial charge in [-0.3, -0.25) is 9.69 Å². The first-order valence-electron chi connectivity index (χ1n) is 11.2. The lowest BCUT2D eigenvalue weighted by molar-refractivity contribution is 0.0681. The fourth-order valence-corrected chi connectivity index (χ4v) is 6.03. The molecular formula is C24H32N4O. The summed E-state index contributed by atoms with van der Waals surface area (Å²) in [4.78, 5) is 25.7. The Bertz CT molecular complexity index is 885. The van der Waals surface area contributed by atoms with Crippen molar-refractivity contribution in [2.75, 3.05) is 19.6 Å². The van der Waals surface area contributed by atoms with Crippen LogP contribution < -0.4 is 0 Å². The van der Waals surface area contributed by atoms with Gasteiger partial charge >= 0.3 is 0 Å². The summed E-state index contributed by atoms with van der Waals surface area (Å²) in [5.41, 5.74) is 3.22. The molecule has 1 aromatic heterocycles. The van der Waals surface area contributed by atoms with E-state index in [9.17, 15) is 4.79 Å². The lowest BCUT2D eigenvalue weighted by Gasteiger charge is -2.34. The first-order chi connectivity index (χ1) is 14.1. The van der Waals surface area contributed by atoms with Gasteiger partial charge in [0.25, 0.3) is 5.91 Å². The first kappa shape index (κ1) is 18.9. The number of rotatable bonds is 3. The van der Waals surface area contributed by atoms with Crippen LogP contribution in [0.5, 0.6) is 0 Å². The molecule has 5 rings (SSSR count). The van der Waals surface area contributed by atoms with Crippen molar-refractivity contribution in [1.82, 2.24) is 19.8 Å². The average molecular weight is 393 g/mol. The number of carbonyl (C=O) groups excluding carboxylic acids is 1. The van der Waals surface area contributed by atoms with Gasteiger partial charge < -0.3 is 9.88 Å². The molecule has 154 valence electrons. The molecule has 0 spiro atoms. The smallest absolute Gasteiger partial charge is 0.272 e. The Morgan fingerprint density at radius 1 is 1.07 bits per heavy atom. The molecule has 1 aliphatic carbocycles. The van der Waals surface area contributed by atoms with E-state index in [4.69, 9.17) is 0 Å². The van der Waals surface area contributed by atoms with Crippen LogP contribution in [0.4, 0.5) is 0 Å². The summed E-state index contributed by atoms with van der Waals surface area (Å²) in [6, 6.07) is 9.53. The lowest BCUT2D eigenvalue weighted by atomic mass is 9.87. The van der Waals surface area contributed by atoms with Crippen molar-refractivity contribution in [1.29, 1.82) is 0 Å². The van der Waals surface area contributed by atoms with E-state index >= 15 is 0 Å². The van der Waals surface area contributed by atoms with E-state index in [1.54, 1.807) is 6.20 Å².